The summed E-state index contributed by atoms with van der Waals surface area (Å²) in [5.74, 6) is -0.530. The SMILES string of the molecule is CC(C)CC1(C(=O)O)CN(C(=O)OC(C)(C)C)C1. The lowest BCUT2D eigenvalue weighted by molar-refractivity contribution is -0.161. The van der Waals surface area contributed by atoms with Crippen LogP contribution in [-0.2, 0) is 9.53 Å². The van der Waals surface area contributed by atoms with E-state index in [-0.39, 0.29) is 13.1 Å². The molecule has 1 amide bonds. The first kappa shape index (κ1) is 14.8. The van der Waals surface area contributed by atoms with Crippen LogP contribution in [0.3, 0.4) is 0 Å². The van der Waals surface area contributed by atoms with Crippen molar-refractivity contribution in [2.24, 2.45) is 11.3 Å². The van der Waals surface area contributed by atoms with Gasteiger partial charge in [-0.2, -0.15) is 0 Å². The summed E-state index contributed by atoms with van der Waals surface area (Å²) in [6, 6.07) is 0. The monoisotopic (exact) mass is 257 g/mol. The normalized spacial score (nSPS) is 18.4. The first-order valence-corrected chi connectivity index (χ1v) is 6.27. The zero-order valence-corrected chi connectivity index (χ0v) is 11.8. The second-order valence-electron chi connectivity index (χ2n) is 6.52. The van der Waals surface area contributed by atoms with Gasteiger partial charge in [0, 0.05) is 13.1 Å². The van der Waals surface area contributed by atoms with Gasteiger partial charge in [0.25, 0.3) is 0 Å². The number of carbonyl (C=O) groups is 2. The summed E-state index contributed by atoms with van der Waals surface area (Å²) in [4.78, 5) is 24.5. The molecule has 0 atom stereocenters. The van der Waals surface area contributed by atoms with Gasteiger partial charge >= 0.3 is 12.1 Å². The highest BCUT2D eigenvalue weighted by Crippen LogP contribution is 2.37. The van der Waals surface area contributed by atoms with E-state index >= 15 is 0 Å². The molecule has 0 saturated carbocycles. The van der Waals surface area contributed by atoms with E-state index < -0.39 is 23.1 Å². The lowest BCUT2D eigenvalue weighted by Gasteiger charge is -2.47. The molecule has 0 aromatic rings. The number of likely N-dealkylation sites (tertiary alicyclic amines) is 1. The fourth-order valence-corrected chi connectivity index (χ4v) is 2.27. The van der Waals surface area contributed by atoms with Gasteiger partial charge in [0.2, 0.25) is 0 Å². The highest BCUT2D eigenvalue weighted by molar-refractivity contribution is 5.80. The van der Waals surface area contributed by atoms with Crippen LogP contribution in [0.4, 0.5) is 4.79 Å². The van der Waals surface area contributed by atoms with Gasteiger partial charge in [-0.1, -0.05) is 13.8 Å². The van der Waals surface area contributed by atoms with E-state index in [0.29, 0.717) is 12.3 Å². The van der Waals surface area contributed by atoms with Crippen LogP contribution in [0.5, 0.6) is 0 Å². The van der Waals surface area contributed by atoms with Crippen molar-refractivity contribution >= 4 is 12.1 Å². The summed E-state index contributed by atoms with van der Waals surface area (Å²) in [7, 11) is 0. The molecule has 5 nitrogen and oxygen atoms in total. The highest BCUT2D eigenvalue weighted by Gasteiger charge is 2.52. The van der Waals surface area contributed by atoms with Crippen molar-refractivity contribution in [2.75, 3.05) is 13.1 Å². The number of hydrogen-bond acceptors (Lipinski definition) is 3. The van der Waals surface area contributed by atoms with Gasteiger partial charge in [-0.05, 0) is 33.1 Å². The Kier molecular flexibility index (Phi) is 3.93. The lowest BCUT2D eigenvalue weighted by Crippen LogP contribution is -2.63. The van der Waals surface area contributed by atoms with Gasteiger partial charge in [-0.3, -0.25) is 4.79 Å². The second-order valence-corrected chi connectivity index (χ2v) is 6.52. The minimum absolute atomic E-state index is 0.245. The second kappa shape index (κ2) is 4.78. The van der Waals surface area contributed by atoms with Gasteiger partial charge in [0.1, 0.15) is 11.0 Å². The fourth-order valence-electron chi connectivity index (χ4n) is 2.27. The van der Waals surface area contributed by atoms with E-state index in [9.17, 15) is 14.7 Å². The van der Waals surface area contributed by atoms with Crippen molar-refractivity contribution in [3.8, 4) is 0 Å². The van der Waals surface area contributed by atoms with Crippen LogP contribution in [0, 0.1) is 11.3 Å². The van der Waals surface area contributed by atoms with Crippen LogP contribution < -0.4 is 0 Å². The maximum absolute atomic E-state index is 11.7. The molecule has 0 radical (unpaired) electrons. The molecule has 1 N–H and O–H groups in total. The molecule has 1 heterocycles. The molecule has 1 rings (SSSR count). The number of hydrogen-bond donors (Lipinski definition) is 1. The number of ether oxygens (including phenoxy) is 1. The summed E-state index contributed by atoms with van der Waals surface area (Å²) >= 11 is 0. The van der Waals surface area contributed by atoms with Crippen molar-refractivity contribution in [3.63, 3.8) is 0 Å². The van der Waals surface area contributed by atoms with E-state index in [0.717, 1.165) is 0 Å². The topological polar surface area (TPSA) is 66.8 Å². The number of carbonyl (C=O) groups excluding carboxylic acids is 1. The van der Waals surface area contributed by atoms with Crippen LogP contribution in [0.1, 0.15) is 41.0 Å². The van der Waals surface area contributed by atoms with Gasteiger partial charge in [-0.15, -0.1) is 0 Å². The first-order valence-electron chi connectivity index (χ1n) is 6.27. The number of aliphatic carboxylic acids is 1. The van der Waals surface area contributed by atoms with E-state index in [1.54, 1.807) is 20.8 Å². The summed E-state index contributed by atoms with van der Waals surface area (Å²) in [5, 5.41) is 9.29. The molecule has 0 spiro atoms. The average molecular weight is 257 g/mol. The molecule has 1 fully saturated rings. The Bertz CT molecular complexity index is 337. The predicted octanol–water partition coefficient (Wildman–Crippen LogP) is 2.35. The third kappa shape index (κ3) is 3.37. The molecule has 104 valence electrons. The molecule has 0 aromatic heterocycles. The molecule has 0 aliphatic carbocycles. The molecule has 0 bridgehead atoms. The van der Waals surface area contributed by atoms with E-state index in [4.69, 9.17) is 4.74 Å². The van der Waals surface area contributed by atoms with Crippen LogP contribution in [-0.4, -0.2) is 40.8 Å². The van der Waals surface area contributed by atoms with Crippen molar-refractivity contribution in [1.29, 1.82) is 0 Å². The smallest absolute Gasteiger partial charge is 0.410 e. The van der Waals surface area contributed by atoms with E-state index in [1.165, 1.54) is 4.90 Å². The van der Waals surface area contributed by atoms with Crippen LogP contribution in [0.2, 0.25) is 0 Å². The maximum Gasteiger partial charge on any atom is 0.410 e. The minimum atomic E-state index is -0.823. The minimum Gasteiger partial charge on any atom is -0.481 e. The van der Waals surface area contributed by atoms with Gasteiger partial charge in [0.15, 0.2) is 0 Å². The summed E-state index contributed by atoms with van der Waals surface area (Å²) in [6.07, 6.45) is 0.157. The van der Waals surface area contributed by atoms with Gasteiger partial charge in [-0.25, -0.2) is 4.79 Å². The van der Waals surface area contributed by atoms with Crippen molar-refractivity contribution in [1.82, 2.24) is 4.90 Å². The molecule has 0 unspecified atom stereocenters. The quantitative estimate of drug-likeness (QED) is 0.842. The number of carboxylic acid groups (broad SMARTS) is 1. The predicted molar refractivity (Wildman–Crippen MR) is 67.3 cm³/mol. The largest absolute Gasteiger partial charge is 0.481 e. The van der Waals surface area contributed by atoms with Crippen molar-refractivity contribution in [2.45, 2.75) is 46.6 Å². The Morgan fingerprint density at radius 1 is 1.33 bits per heavy atom. The standard InChI is InChI=1S/C13H23NO4/c1-9(2)6-13(10(15)16)7-14(8-13)11(17)18-12(3,4)5/h9H,6-8H2,1-5H3,(H,15,16). The third-order valence-corrected chi connectivity index (χ3v) is 2.89. The van der Waals surface area contributed by atoms with Crippen molar-refractivity contribution < 1.29 is 19.4 Å². The van der Waals surface area contributed by atoms with Gasteiger partial charge < -0.3 is 14.7 Å². The lowest BCUT2D eigenvalue weighted by atomic mass is 9.74. The number of rotatable bonds is 3. The molecular weight excluding hydrogens is 234 g/mol. The summed E-state index contributed by atoms with van der Waals surface area (Å²) in [6.45, 7) is 9.85. The number of nitrogens with zero attached hydrogens (tertiary/aromatic N) is 1. The van der Waals surface area contributed by atoms with Crippen LogP contribution in [0.15, 0.2) is 0 Å². The molecule has 1 aliphatic heterocycles. The molecule has 1 saturated heterocycles. The van der Waals surface area contributed by atoms with E-state index in [1.807, 2.05) is 13.8 Å². The number of amides is 1. The fraction of sp³-hybridized carbons (Fsp3) is 0.846. The van der Waals surface area contributed by atoms with Gasteiger partial charge in [0.05, 0.1) is 0 Å². The molecular formula is C13H23NO4. The Balaban J connectivity index is 2.59. The summed E-state index contributed by atoms with van der Waals surface area (Å²) < 4.78 is 5.21. The zero-order chi connectivity index (χ0) is 14.1. The number of carboxylic acids is 1. The maximum atomic E-state index is 11.7. The van der Waals surface area contributed by atoms with Crippen LogP contribution >= 0.6 is 0 Å². The van der Waals surface area contributed by atoms with Crippen LogP contribution in [0.25, 0.3) is 0 Å². The average Bonchev–Trinajstić information content (AvgIpc) is 2.05. The molecule has 0 aromatic carbocycles. The Morgan fingerprint density at radius 2 is 1.83 bits per heavy atom. The van der Waals surface area contributed by atoms with Crippen molar-refractivity contribution in [3.05, 3.63) is 0 Å². The zero-order valence-electron chi connectivity index (χ0n) is 11.8. The first-order chi connectivity index (χ1) is 8.06. The Hall–Kier alpha value is -1.26. The third-order valence-electron chi connectivity index (χ3n) is 2.89. The molecule has 1 aliphatic rings. The Labute approximate surface area is 108 Å². The highest BCUT2D eigenvalue weighted by atomic mass is 16.6. The summed E-state index contributed by atoms with van der Waals surface area (Å²) in [5.41, 5.74) is -1.33. The van der Waals surface area contributed by atoms with E-state index in [2.05, 4.69) is 0 Å². The molecule has 18 heavy (non-hydrogen) atoms. The molecule has 5 heteroatoms. The Morgan fingerprint density at radius 3 is 2.17 bits per heavy atom.